The van der Waals surface area contributed by atoms with Gasteiger partial charge in [0.25, 0.3) is 0 Å². The number of benzene rings is 1. The van der Waals surface area contributed by atoms with E-state index >= 15 is 0 Å². The molecule has 1 N–H and O–H groups in total. The monoisotopic (exact) mass is 570 g/mol. The third-order valence-corrected chi connectivity index (χ3v) is 8.07. The fourth-order valence-electron chi connectivity index (χ4n) is 4.65. The van der Waals surface area contributed by atoms with Crippen LogP contribution in [-0.4, -0.2) is 44.5 Å². The van der Waals surface area contributed by atoms with Gasteiger partial charge in [0.1, 0.15) is 22.6 Å². The molecule has 0 spiro atoms. The van der Waals surface area contributed by atoms with Gasteiger partial charge < -0.3 is 10.2 Å². The van der Waals surface area contributed by atoms with Crippen LogP contribution in [-0.2, 0) is 36.2 Å². The van der Waals surface area contributed by atoms with E-state index in [1.165, 1.54) is 24.4 Å². The van der Waals surface area contributed by atoms with Crippen molar-refractivity contribution in [2.75, 3.05) is 39.9 Å². The van der Waals surface area contributed by atoms with Crippen LogP contribution in [0.1, 0.15) is 35.2 Å². The van der Waals surface area contributed by atoms with Crippen LogP contribution in [0.5, 0.6) is 0 Å². The van der Waals surface area contributed by atoms with Crippen LogP contribution in [0.2, 0.25) is 0 Å². The number of fused-ring (bicyclic) bond motifs is 1. The molecule has 0 amide bonds. The predicted molar refractivity (Wildman–Crippen MR) is 135 cm³/mol. The fraction of sp³-hybridized carbons (Fsp3) is 0.400. The lowest BCUT2D eigenvalue weighted by Gasteiger charge is -2.26. The molecule has 1 saturated heterocycles. The average Bonchev–Trinajstić information content (AvgIpc) is 3.11. The van der Waals surface area contributed by atoms with Crippen molar-refractivity contribution in [2.45, 2.75) is 38.0 Å². The summed E-state index contributed by atoms with van der Waals surface area (Å²) >= 11 is 0. The van der Waals surface area contributed by atoms with Gasteiger partial charge in [0.2, 0.25) is 5.95 Å². The van der Waals surface area contributed by atoms with Gasteiger partial charge in [0, 0.05) is 49.3 Å². The molecule has 4 heterocycles. The SMILES string of the molecule is O=S1CCCCN1c1nc2c(c(Nc3ccc(C(F)(F)F)cc3)n1)CCN(c1ncccc1C(F)(F)F)CC2. The van der Waals surface area contributed by atoms with E-state index in [0.29, 0.717) is 35.1 Å². The number of nitrogens with one attached hydrogen (secondary N) is 1. The van der Waals surface area contributed by atoms with Crippen LogP contribution < -0.4 is 14.5 Å². The summed E-state index contributed by atoms with van der Waals surface area (Å²) in [5.41, 5.74) is -0.0859. The topological polar surface area (TPSA) is 74.2 Å². The molecule has 0 saturated carbocycles. The van der Waals surface area contributed by atoms with Crippen molar-refractivity contribution in [3.63, 3.8) is 0 Å². The molecule has 39 heavy (non-hydrogen) atoms. The summed E-state index contributed by atoms with van der Waals surface area (Å²) in [5, 5.41) is 3.06. The maximum absolute atomic E-state index is 13.7. The van der Waals surface area contributed by atoms with Gasteiger partial charge in [0.05, 0.1) is 16.8 Å². The Morgan fingerprint density at radius 1 is 0.872 bits per heavy atom. The highest BCUT2D eigenvalue weighted by Gasteiger charge is 2.36. The largest absolute Gasteiger partial charge is 0.419 e. The Morgan fingerprint density at radius 2 is 1.62 bits per heavy atom. The second-order valence-electron chi connectivity index (χ2n) is 9.19. The van der Waals surface area contributed by atoms with E-state index in [1.807, 2.05) is 0 Å². The second-order valence-corrected chi connectivity index (χ2v) is 10.7. The number of aromatic nitrogens is 3. The molecule has 1 atom stereocenters. The number of rotatable bonds is 4. The molecule has 1 fully saturated rings. The van der Waals surface area contributed by atoms with E-state index in [-0.39, 0.29) is 37.7 Å². The molecule has 208 valence electrons. The molecule has 1 aromatic carbocycles. The molecular formula is C25H24F6N6OS. The lowest BCUT2D eigenvalue weighted by molar-refractivity contribution is -0.138. The van der Waals surface area contributed by atoms with Crippen molar-refractivity contribution >= 4 is 34.3 Å². The number of pyridine rings is 1. The Morgan fingerprint density at radius 3 is 2.31 bits per heavy atom. The minimum atomic E-state index is -4.58. The normalized spacial score (nSPS) is 18.5. The van der Waals surface area contributed by atoms with Gasteiger partial charge in [-0.15, -0.1) is 0 Å². The molecule has 7 nitrogen and oxygen atoms in total. The minimum absolute atomic E-state index is 0.180. The maximum atomic E-state index is 13.7. The molecule has 0 bridgehead atoms. The summed E-state index contributed by atoms with van der Waals surface area (Å²) in [6, 6.07) is 6.68. The summed E-state index contributed by atoms with van der Waals surface area (Å²) < 4.78 is 94.4. The first-order chi connectivity index (χ1) is 18.5. The lowest BCUT2D eigenvalue weighted by atomic mass is 10.1. The van der Waals surface area contributed by atoms with Gasteiger partial charge in [0.15, 0.2) is 0 Å². The van der Waals surface area contributed by atoms with Crippen molar-refractivity contribution in [1.82, 2.24) is 15.0 Å². The number of halogens is 6. The van der Waals surface area contributed by atoms with E-state index in [0.717, 1.165) is 31.0 Å². The molecule has 14 heteroatoms. The molecule has 1 unspecified atom stereocenters. The van der Waals surface area contributed by atoms with Crippen LogP contribution in [0.25, 0.3) is 0 Å². The third kappa shape index (κ3) is 5.94. The van der Waals surface area contributed by atoms with E-state index in [9.17, 15) is 30.6 Å². The second kappa shape index (κ2) is 10.6. The zero-order valence-corrected chi connectivity index (χ0v) is 21.3. The molecule has 0 aliphatic carbocycles. The Labute approximate surface area is 222 Å². The number of hydrogen-bond donors (Lipinski definition) is 1. The molecule has 0 radical (unpaired) electrons. The molecule has 2 aliphatic rings. The quantitative estimate of drug-likeness (QED) is 0.417. The highest BCUT2D eigenvalue weighted by molar-refractivity contribution is 7.86. The fourth-order valence-corrected chi connectivity index (χ4v) is 5.91. The summed E-state index contributed by atoms with van der Waals surface area (Å²) in [6.45, 7) is 0.861. The first-order valence-electron chi connectivity index (χ1n) is 12.3. The van der Waals surface area contributed by atoms with E-state index < -0.39 is 34.5 Å². The van der Waals surface area contributed by atoms with Crippen molar-refractivity contribution in [2.24, 2.45) is 0 Å². The van der Waals surface area contributed by atoms with Gasteiger partial charge in [-0.3, -0.25) is 4.31 Å². The minimum Gasteiger partial charge on any atom is -0.355 e. The van der Waals surface area contributed by atoms with Gasteiger partial charge in [-0.1, -0.05) is 0 Å². The number of nitrogens with zero attached hydrogens (tertiary/aromatic N) is 5. The number of anilines is 4. The Kier molecular flexibility index (Phi) is 7.40. The molecular weight excluding hydrogens is 546 g/mol. The van der Waals surface area contributed by atoms with Crippen LogP contribution in [0, 0.1) is 0 Å². The van der Waals surface area contributed by atoms with E-state index in [1.54, 1.807) is 9.21 Å². The van der Waals surface area contributed by atoms with Crippen molar-refractivity contribution in [3.05, 3.63) is 65.0 Å². The summed E-state index contributed by atoms with van der Waals surface area (Å²) in [6.07, 6.45) is -5.64. The van der Waals surface area contributed by atoms with E-state index in [2.05, 4.69) is 20.3 Å². The summed E-state index contributed by atoms with van der Waals surface area (Å²) in [4.78, 5) is 14.8. The summed E-state index contributed by atoms with van der Waals surface area (Å²) in [5.74, 6) is 0.801. The van der Waals surface area contributed by atoms with Gasteiger partial charge in [-0.05, 0) is 55.7 Å². The predicted octanol–water partition coefficient (Wildman–Crippen LogP) is 5.52. The van der Waals surface area contributed by atoms with Crippen molar-refractivity contribution in [1.29, 1.82) is 0 Å². The van der Waals surface area contributed by atoms with Crippen molar-refractivity contribution < 1.29 is 30.6 Å². The molecule has 3 aromatic rings. The third-order valence-electron chi connectivity index (χ3n) is 6.60. The highest BCUT2D eigenvalue weighted by atomic mass is 32.2. The van der Waals surface area contributed by atoms with Gasteiger partial charge >= 0.3 is 12.4 Å². The highest BCUT2D eigenvalue weighted by Crippen LogP contribution is 2.37. The Hall–Kier alpha value is -3.42. The average molecular weight is 571 g/mol. The van der Waals surface area contributed by atoms with Crippen LogP contribution in [0.3, 0.4) is 0 Å². The van der Waals surface area contributed by atoms with Crippen LogP contribution in [0.15, 0.2) is 42.6 Å². The number of hydrogen-bond acceptors (Lipinski definition) is 6. The van der Waals surface area contributed by atoms with Crippen LogP contribution in [0.4, 0.5) is 49.6 Å². The standard InChI is InChI=1S/C25H24F6N6OS/c26-24(27,28)16-5-7-17(8-6-16)33-21-18-9-13-36(22-19(25(29,30)31)4-3-11-32-22)14-10-20(18)34-23(35-21)37-12-1-2-15-39(37)38/h3-8,11H,1-2,9-10,12-15H2,(H,33,34,35). The van der Waals surface area contributed by atoms with Crippen LogP contribution >= 0.6 is 0 Å². The Bertz CT molecular complexity index is 1360. The summed E-state index contributed by atoms with van der Waals surface area (Å²) in [7, 11) is -1.34. The lowest BCUT2D eigenvalue weighted by Crippen LogP contribution is -2.34. The zero-order chi connectivity index (χ0) is 27.8. The Balaban J connectivity index is 1.50. The van der Waals surface area contributed by atoms with Crippen molar-refractivity contribution in [3.8, 4) is 0 Å². The zero-order valence-electron chi connectivity index (χ0n) is 20.5. The van der Waals surface area contributed by atoms with E-state index in [4.69, 9.17) is 0 Å². The first-order valence-corrected chi connectivity index (χ1v) is 13.6. The number of alkyl halides is 6. The molecule has 5 rings (SSSR count). The van der Waals surface area contributed by atoms with Gasteiger partial charge in [-0.25, -0.2) is 14.2 Å². The first kappa shape index (κ1) is 27.2. The van der Waals surface area contributed by atoms with Gasteiger partial charge in [-0.2, -0.15) is 31.3 Å². The molecule has 2 aromatic heterocycles. The molecule has 2 aliphatic heterocycles. The maximum Gasteiger partial charge on any atom is 0.419 e. The smallest absolute Gasteiger partial charge is 0.355 e.